The highest BCUT2D eigenvalue weighted by Gasteiger charge is 2.34. The number of methoxy groups -OCH3 is 2. The van der Waals surface area contributed by atoms with Gasteiger partial charge in [-0.25, -0.2) is 4.98 Å². The molecular formula is C25H26N4O2S. The van der Waals surface area contributed by atoms with E-state index in [0.717, 1.165) is 48.3 Å². The summed E-state index contributed by atoms with van der Waals surface area (Å²) in [6.07, 6.45) is 4.33. The van der Waals surface area contributed by atoms with Crippen LogP contribution in [0.3, 0.4) is 0 Å². The van der Waals surface area contributed by atoms with Crippen LogP contribution in [0.4, 0.5) is 11.6 Å². The fourth-order valence-electron chi connectivity index (χ4n) is 4.86. The molecule has 0 radical (unpaired) electrons. The first kappa shape index (κ1) is 20.6. The highest BCUT2D eigenvalue weighted by atomic mass is 32.1. The SMILES string of the molecule is COc1ccc(C2C3=C(CCCC3)Nc3nc(=S)n(-c4ccccc4)c(N)c32)cc1OC. The second-order valence-corrected chi connectivity index (χ2v) is 8.46. The number of para-hydroxylation sites is 1. The lowest BCUT2D eigenvalue weighted by molar-refractivity contribution is 0.354. The molecule has 1 aliphatic carbocycles. The van der Waals surface area contributed by atoms with Gasteiger partial charge in [0.2, 0.25) is 4.77 Å². The Kier molecular flexibility index (Phi) is 5.35. The molecule has 1 aromatic heterocycles. The van der Waals surface area contributed by atoms with Crippen LogP contribution in [0.1, 0.15) is 42.7 Å². The lowest BCUT2D eigenvalue weighted by Gasteiger charge is -2.35. The Morgan fingerprint density at radius 1 is 1.03 bits per heavy atom. The van der Waals surface area contributed by atoms with E-state index in [1.54, 1.807) is 14.2 Å². The van der Waals surface area contributed by atoms with E-state index >= 15 is 0 Å². The van der Waals surface area contributed by atoms with Crippen molar-refractivity contribution >= 4 is 23.9 Å². The number of aromatic nitrogens is 2. The molecule has 1 aliphatic heterocycles. The highest BCUT2D eigenvalue weighted by molar-refractivity contribution is 7.71. The van der Waals surface area contributed by atoms with Gasteiger partial charge in [0.25, 0.3) is 0 Å². The molecule has 3 N–H and O–H groups in total. The van der Waals surface area contributed by atoms with Gasteiger partial charge in [-0.3, -0.25) is 4.57 Å². The summed E-state index contributed by atoms with van der Waals surface area (Å²) >= 11 is 5.66. The Morgan fingerprint density at radius 2 is 1.78 bits per heavy atom. The number of ether oxygens (including phenoxy) is 2. The molecule has 2 aromatic carbocycles. The number of fused-ring (bicyclic) bond motifs is 1. The number of hydrogen-bond acceptors (Lipinski definition) is 6. The normalized spacial score (nSPS) is 17.2. The molecule has 2 heterocycles. The maximum absolute atomic E-state index is 6.85. The second kappa shape index (κ2) is 8.31. The smallest absolute Gasteiger partial charge is 0.207 e. The van der Waals surface area contributed by atoms with Crippen LogP contribution in [-0.4, -0.2) is 23.8 Å². The van der Waals surface area contributed by atoms with Crippen LogP contribution in [0.5, 0.6) is 11.5 Å². The van der Waals surface area contributed by atoms with Gasteiger partial charge in [0.1, 0.15) is 11.6 Å². The summed E-state index contributed by atoms with van der Waals surface area (Å²) in [5, 5.41) is 3.56. The number of anilines is 2. The molecule has 32 heavy (non-hydrogen) atoms. The van der Waals surface area contributed by atoms with Crippen molar-refractivity contribution in [1.82, 2.24) is 9.55 Å². The molecule has 6 nitrogen and oxygen atoms in total. The van der Waals surface area contributed by atoms with Crippen LogP contribution in [0.15, 0.2) is 59.8 Å². The quantitative estimate of drug-likeness (QED) is 0.509. The molecule has 1 atom stereocenters. The van der Waals surface area contributed by atoms with E-state index in [1.807, 2.05) is 47.0 Å². The van der Waals surface area contributed by atoms with Gasteiger partial charge in [-0.15, -0.1) is 0 Å². The maximum atomic E-state index is 6.85. The Morgan fingerprint density at radius 3 is 2.53 bits per heavy atom. The number of nitrogens with zero attached hydrogens (tertiary/aromatic N) is 2. The van der Waals surface area contributed by atoms with E-state index in [4.69, 9.17) is 32.4 Å². The molecule has 164 valence electrons. The Labute approximate surface area is 192 Å². The minimum absolute atomic E-state index is 0.0283. The summed E-state index contributed by atoms with van der Waals surface area (Å²) in [5.74, 6) is 2.73. The summed E-state index contributed by atoms with van der Waals surface area (Å²) in [5.41, 5.74) is 12.4. The molecule has 2 aliphatic rings. The van der Waals surface area contributed by atoms with Gasteiger partial charge in [0.05, 0.1) is 14.2 Å². The van der Waals surface area contributed by atoms with Crippen molar-refractivity contribution < 1.29 is 9.47 Å². The second-order valence-electron chi connectivity index (χ2n) is 8.10. The van der Waals surface area contributed by atoms with Gasteiger partial charge in [-0.1, -0.05) is 24.3 Å². The summed E-state index contributed by atoms with van der Waals surface area (Å²) in [6.45, 7) is 0. The van der Waals surface area contributed by atoms with Crippen molar-refractivity contribution in [3.8, 4) is 17.2 Å². The molecule has 0 amide bonds. The molecule has 0 spiro atoms. The molecule has 5 rings (SSSR count). The summed E-state index contributed by atoms with van der Waals surface area (Å²) in [4.78, 5) is 4.79. The molecule has 3 aromatic rings. The minimum Gasteiger partial charge on any atom is -0.493 e. The Hall–Kier alpha value is -3.32. The first-order chi connectivity index (χ1) is 15.6. The van der Waals surface area contributed by atoms with E-state index in [2.05, 4.69) is 11.4 Å². The van der Waals surface area contributed by atoms with Crippen molar-refractivity contribution in [2.45, 2.75) is 31.6 Å². The summed E-state index contributed by atoms with van der Waals surface area (Å²) in [7, 11) is 3.31. The molecule has 0 saturated carbocycles. The van der Waals surface area contributed by atoms with Gasteiger partial charge in [-0.2, -0.15) is 0 Å². The van der Waals surface area contributed by atoms with Crippen LogP contribution in [0.25, 0.3) is 5.69 Å². The van der Waals surface area contributed by atoms with Gasteiger partial charge in [-0.05, 0) is 73.3 Å². The van der Waals surface area contributed by atoms with Crippen LogP contribution >= 0.6 is 12.2 Å². The number of nitrogen functional groups attached to an aromatic ring is 1. The third-order valence-corrected chi connectivity index (χ3v) is 6.62. The van der Waals surface area contributed by atoms with E-state index in [1.165, 1.54) is 11.3 Å². The maximum Gasteiger partial charge on any atom is 0.207 e. The third-order valence-electron chi connectivity index (χ3n) is 6.34. The number of allylic oxidation sites excluding steroid dienone is 2. The topological polar surface area (TPSA) is 74.3 Å². The van der Waals surface area contributed by atoms with Crippen molar-refractivity contribution in [3.05, 3.63) is 75.7 Å². The molecule has 0 fully saturated rings. The first-order valence-electron chi connectivity index (χ1n) is 10.8. The molecule has 0 saturated heterocycles. The van der Waals surface area contributed by atoms with E-state index in [0.29, 0.717) is 22.1 Å². The Bertz CT molecular complexity index is 1270. The average molecular weight is 447 g/mol. The lowest BCUT2D eigenvalue weighted by atomic mass is 9.77. The Balaban J connectivity index is 1.77. The monoisotopic (exact) mass is 446 g/mol. The highest BCUT2D eigenvalue weighted by Crippen LogP contribution is 2.49. The number of nitrogens with two attached hydrogens (primary N) is 1. The number of nitrogens with one attached hydrogen (secondary N) is 1. The van der Waals surface area contributed by atoms with E-state index in [9.17, 15) is 0 Å². The van der Waals surface area contributed by atoms with Crippen molar-refractivity contribution in [3.63, 3.8) is 0 Å². The lowest BCUT2D eigenvalue weighted by Crippen LogP contribution is -2.25. The third kappa shape index (κ3) is 3.33. The average Bonchev–Trinajstić information content (AvgIpc) is 2.83. The molecule has 0 bridgehead atoms. The molecular weight excluding hydrogens is 420 g/mol. The zero-order valence-electron chi connectivity index (χ0n) is 18.2. The number of rotatable bonds is 4. The van der Waals surface area contributed by atoms with E-state index in [-0.39, 0.29) is 5.92 Å². The van der Waals surface area contributed by atoms with Gasteiger partial charge >= 0.3 is 0 Å². The van der Waals surface area contributed by atoms with Crippen molar-refractivity contribution in [2.75, 3.05) is 25.3 Å². The van der Waals surface area contributed by atoms with Crippen molar-refractivity contribution in [1.29, 1.82) is 0 Å². The first-order valence-corrected chi connectivity index (χ1v) is 11.2. The predicted octanol–water partition coefficient (Wildman–Crippen LogP) is 5.59. The fourth-order valence-corrected chi connectivity index (χ4v) is 5.16. The van der Waals surface area contributed by atoms with E-state index < -0.39 is 0 Å². The van der Waals surface area contributed by atoms with Gasteiger partial charge in [0.15, 0.2) is 11.5 Å². The largest absolute Gasteiger partial charge is 0.493 e. The standard InChI is InChI=1S/C25H26N4O2S/c1-30-19-13-12-15(14-20(19)31-2)21-17-10-6-7-11-18(17)27-24-22(21)23(26)29(25(32)28-24)16-8-4-3-5-9-16/h3-5,8-9,12-14,21H,6-7,10-11,26H2,1-2H3,(H,27,28,32). The minimum atomic E-state index is -0.0283. The van der Waals surface area contributed by atoms with Gasteiger partial charge < -0.3 is 20.5 Å². The van der Waals surface area contributed by atoms with Crippen LogP contribution in [0.2, 0.25) is 0 Å². The van der Waals surface area contributed by atoms with Crippen molar-refractivity contribution in [2.24, 2.45) is 0 Å². The zero-order valence-corrected chi connectivity index (χ0v) is 19.0. The van der Waals surface area contributed by atoms with Crippen LogP contribution in [-0.2, 0) is 0 Å². The fraction of sp³-hybridized carbons (Fsp3) is 0.280. The zero-order chi connectivity index (χ0) is 22.2. The molecule has 1 unspecified atom stereocenters. The molecule has 7 heteroatoms. The summed E-state index contributed by atoms with van der Waals surface area (Å²) in [6, 6.07) is 16.0. The summed E-state index contributed by atoms with van der Waals surface area (Å²) < 4.78 is 13.4. The predicted molar refractivity (Wildman–Crippen MR) is 129 cm³/mol. The number of hydrogen-bond donors (Lipinski definition) is 2. The van der Waals surface area contributed by atoms with Gasteiger partial charge in [0, 0.05) is 22.9 Å². The van der Waals surface area contributed by atoms with Crippen LogP contribution < -0.4 is 20.5 Å². The van der Waals surface area contributed by atoms with Crippen LogP contribution in [0, 0.1) is 4.77 Å². The number of benzene rings is 2.